The summed E-state index contributed by atoms with van der Waals surface area (Å²) in [6.45, 7) is 3.39. The molecule has 2 unspecified atom stereocenters. The number of amides is 1. The molecule has 2 atom stereocenters. The van der Waals surface area contributed by atoms with Crippen LogP contribution in [0.25, 0.3) is 0 Å². The molecule has 0 spiro atoms. The van der Waals surface area contributed by atoms with Gasteiger partial charge in [-0.25, -0.2) is 4.39 Å². The standard InChI is InChI=1S/C23H29FN4O.HI/c1-4-25-23(27-21-15-19(21)18-10-5-6-11-20(18)24)26-13-12-16-8-7-9-17(14-16)22(29)28(2)3;/h5-11,14,19,21H,4,12-13,15H2,1-3H3,(H2,25,26,27);1H. The average molecular weight is 524 g/mol. The molecular weight excluding hydrogens is 494 g/mol. The summed E-state index contributed by atoms with van der Waals surface area (Å²) < 4.78 is 14.0. The molecule has 1 amide bonds. The first-order chi connectivity index (χ1) is 14.0. The summed E-state index contributed by atoms with van der Waals surface area (Å²) in [5.74, 6) is 0.791. The van der Waals surface area contributed by atoms with E-state index < -0.39 is 0 Å². The Bertz CT molecular complexity index is 887. The van der Waals surface area contributed by atoms with Crippen molar-refractivity contribution in [2.45, 2.75) is 31.7 Å². The van der Waals surface area contributed by atoms with Gasteiger partial charge in [-0.15, -0.1) is 24.0 Å². The number of nitrogens with zero attached hydrogens (tertiary/aromatic N) is 2. The Labute approximate surface area is 195 Å². The largest absolute Gasteiger partial charge is 0.357 e. The van der Waals surface area contributed by atoms with Crippen molar-refractivity contribution in [2.24, 2.45) is 4.99 Å². The van der Waals surface area contributed by atoms with Crippen LogP contribution >= 0.6 is 24.0 Å². The lowest BCUT2D eigenvalue weighted by atomic mass is 10.1. The van der Waals surface area contributed by atoms with Crippen LogP contribution in [-0.4, -0.2) is 50.0 Å². The molecule has 2 N–H and O–H groups in total. The Hall–Kier alpha value is -2.16. The van der Waals surface area contributed by atoms with Crippen LogP contribution in [0.3, 0.4) is 0 Å². The molecule has 5 nitrogen and oxygen atoms in total. The van der Waals surface area contributed by atoms with E-state index in [1.54, 1.807) is 25.1 Å². The number of carbonyl (C=O) groups is 1. The highest BCUT2D eigenvalue weighted by Crippen LogP contribution is 2.41. The second kappa shape index (κ2) is 11.3. The minimum absolute atomic E-state index is 0. The van der Waals surface area contributed by atoms with Crippen molar-refractivity contribution in [1.29, 1.82) is 0 Å². The lowest BCUT2D eigenvalue weighted by Gasteiger charge is -2.12. The summed E-state index contributed by atoms with van der Waals surface area (Å²) in [6.07, 6.45) is 1.65. The lowest BCUT2D eigenvalue weighted by Crippen LogP contribution is -2.39. The van der Waals surface area contributed by atoms with Gasteiger partial charge in [0.1, 0.15) is 5.82 Å². The van der Waals surface area contributed by atoms with E-state index in [9.17, 15) is 9.18 Å². The fourth-order valence-corrected chi connectivity index (χ4v) is 3.38. The first-order valence-corrected chi connectivity index (χ1v) is 10.1. The first-order valence-electron chi connectivity index (χ1n) is 10.1. The number of rotatable bonds is 7. The predicted octanol–water partition coefficient (Wildman–Crippen LogP) is 3.80. The van der Waals surface area contributed by atoms with Gasteiger partial charge in [-0.2, -0.15) is 0 Å². The Balaban J connectivity index is 0.00000320. The first kappa shape index (κ1) is 24.1. The van der Waals surface area contributed by atoms with Crippen LogP contribution in [0.15, 0.2) is 53.5 Å². The topological polar surface area (TPSA) is 56.7 Å². The van der Waals surface area contributed by atoms with Gasteiger partial charge in [-0.3, -0.25) is 9.79 Å². The maximum Gasteiger partial charge on any atom is 0.253 e. The molecular formula is C23H30FIN4O. The zero-order chi connectivity index (χ0) is 20.8. The Morgan fingerprint density at radius 3 is 2.67 bits per heavy atom. The lowest BCUT2D eigenvalue weighted by molar-refractivity contribution is 0.0827. The molecule has 1 fully saturated rings. The molecule has 1 saturated carbocycles. The molecule has 7 heteroatoms. The van der Waals surface area contributed by atoms with Gasteiger partial charge in [0.05, 0.1) is 0 Å². The van der Waals surface area contributed by atoms with Crippen molar-refractivity contribution >= 4 is 35.8 Å². The summed E-state index contributed by atoms with van der Waals surface area (Å²) in [7, 11) is 3.50. The number of aliphatic imine (C=N–C) groups is 1. The van der Waals surface area contributed by atoms with Crippen LogP contribution in [0, 0.1) is 5.82 Å². The van der Waals surface area contributed by atoms with Gasteiger partial charge in [0.2, 0.25) is 0 Å². The summed E-state index contributed by atoms with van der Waals surface area (Å²) in [4.78, 5) is 18.3. The fraction of sp³-hybridized carbons (Fsp3) is 0.391. The van der Waals surface area contributed by atoms with Crippen molar-refractivity contribution in [2.75, 3.05) is 27.2 Å². The highest BCUT2D eigenvalue weighted by atomic mass is 127. The normalized spacial score (nSPS) is 17.7. The molecule has 30 heavy (non-hydrogen) atoms. The summed E-state index contributed by atoms with van der Waals surface area (Å²) >= 11 is 0. The zero-order valence-corrected chi connectivity index (χ0v) is 20.0. The van der Waals surface area contributed by atoms with Gasteiger partial charge in [0.25, 0.3) is 5.91 Å². The summed E-state index contributed by atoms with van der Waals surface area (Å²) in [6, 6.07) is 14.8. The van der Waals surface area contributed by atoms with Crippen molar-refractivity contribution in [1.82, 2.24) is 15.5 Å². The van der Waals surface area contributed by atoms with E-state index in [0.29, 0.717) is 12.1 Å². The number of hydrogen-bond acceptors (Lipinski definition) is 2. The summed E-state index contributed by atoms with van der Waals surface area (Å²) in [5, 5.41) is 6.67. The molecule has 0 heterocycles. The molecule has 2 aromatic rings. The third-order valence-electron chi connectivity index (χ3n) is 5.01. The van der Waals surface area contributed by atoms with Gasteiger partial charge in [0, 0.05) is 44.7 Å². The number of nitrogens with one attached hydrogen (secondary N) is 2. The van der Waals surface area contributed by atoms with E-state index in [-0.39, 0.29) is 47.7 Å². The molecule has 0 aliphatic heterocycles. The number of carbonyl (C=O) groups excluding carboxylic acids is 1. The summed E-state index contributed by atoms with van der Waals surface area (Å²) in [5.41, 5.74) is 2.53. The quantitative estimate of drug-likeness (QED) is 0.329. The van der Waals surface area contributed by atoms with Crippen LogP contribution < -0.4 is 10.6 Å². The Morgan fingerprint density at radius 1 is 1.20 bits per heavy atom. The van der Waals surface area contributed by atoms with Crippen molar-refractivity contribution in [3.05, 3.63) is 71.0 Å². The third kappa shape index (κ3) is 6.42. The van der Waals surface area contributed by atoms with Crippen molar-refractivity contribution < 1.29 is 9.18 Å². The molecule has 0 aromatic heterocycles. The highest BCUT2D eigenvalue weighted by Gasteiger charge is 2.40. The SMILES string of the molecule is CCNC(=NCCc1cccc(C(=O)N(C)C)c1)NC1CC1c1ccccc1F.I. The Kier molecular flexibility index (Phi) is 9.08. The fourth-order valence-electron chi connectivity index (χ4n) is 3.38. The number of benzene rings is 2. The minimum Gasteiger partial charge on any atom is -0.357 e. The van der Waals surface area contributed by atoms with Crippen molar-refractivity contribution in [3.8, 4) is 0 Å². The number of guanidine groups is 1. The van der Waals surface area contributed by atoms with E-state index >= 15 is 0 Å². The smallest absolute Gasteiger partial charge is 0.253 e. The van der Waals surface area contributed by atoms with Crippen LogP contribution in [-0.2, 0) is 6.42 Å². The van der Waals surface area contributed by atoms with E-state index in [0.717, 1.165) is 36.5 Å². The molecule has 3 rings (SSSR count). The highest BCUT2D eigenvalue weighted by molar-refractivity contribution is 14.0. The maximum absolute atomic E-state index is 14.0. The molecule has 162 valence electrons. The van der Waals surface area contributed by atoms with E-state index in [2.05, 4.69) is 15.6 Å². The van der Waals surface area contributed by atoms with E-state index in [1.807, 2.05) is 43.3 Å². The molecule has 2 aromatic carbocycles. The second-order valence-electron chi connectivity index (χ2n) is 7.53. The second-order valence-corrected chi connectivity index (χ2v) is 7.53. The maximum atomic E-state index is 14.0. The van der Waals surface area contributed by atoms with Crippen molar-refractivity contribution in [3.63, 3.8) is 0 Å². The third-order valence-corrected chi connectivity index (χ3v) is 5.01. The van der Waals surface area contributed by atoms with E-state index in [4.69, 9.17) is 0 Å². The molecule has 1 aliphatic rings. The number of hydrogen-bond donors (Lipinski definition) is 2. The predicted molar refractivity (Wildman–Crippen MR) is 130 cm³/mol. The monoisotopic (exact) mass is 524 g/mol. The Morgan fingerprint density at radius 2 is 1.97 bits per heavy atom. The van der Waals surface area contributed by atoms with Crippen LogP contribution in [0.1, 0.15) is 40.7 Å². The molecule has 0 bridgehead atoms. The van der Waals surface area contributed by atoms with Gasteiger partial charge >= 0.3 is 0 Å². The molecule has 1 aliphatic carbocycles. The molecule has 0 saturated heterocycles. The average Bonchev–Trinajstić information content (AvgIpc) is 3.47. The number of halogens is 2. The van der Waals surface area contributed by atoms with Gasteiger partial charge in [-0.1, -0.05) is 30.3 Å². The zero-order valence-electron chi connectivity index (χ0n) is 17.7. The van der Waals surface area contributed by atoms with Gasteiger partial charge < -0.3 is 15.5 Å². The van der Waals surface area contributed by atoms with Gasteiger partial charge in [-0.05, 0) is 49.1 Å². The minimum atomic E-state index is -0.143. The van der Waals surface area contributed by atoms with E-state index in [1.165, 1.54) is 6.07 Å². The molecule has 0 radical (unpaired) electrons. The van der Waals surface area contributed by atoms with Gasteiger partial charge in [0.15, 0.2) is 5.96 Å². The van der Waals surface area contributed by atoms with Crippen LogP contribution in [0.2, 0.25) is 0 Å². The van der Waals surface area contributed by atoms with Crippen LogP contribution in [0.4, 0.5) is 4.39 Å². The van der Waals surface area contributed by atoms with Crippen LogP contribution in [0.5, 0.6) is 0 Å².